The summed E-state index contributed by atoms with van der Waals surface area (Å²) in [6.07, 6.45) is 0.534. The highest BCUT2D eigenvalue weighted by molar-refractivity contribution is 7.09. The second-order valence-corrected chi connectivity index (χ2v) is 6.12. The van der Waals surface area contributed by atoms with E-state index in [0.29, 0.717) is 13.0 Å². The highest BCUT2D eigenvalue weighted by Crippen LogP contribution is 2.16. The van der Waals surface area contributed by atoms with E-state index in [-0.39, 0.29) is 18.4 Å². The minimum atomic E-state index is -0.464. The van der Waals surface area contributed by atoms with Gasteiger partial charge in [-0.05, 0) is 17.0 Å². The number of nitrogens with zero attached hydrogens (tertiary/aromatic N) is 1. The number of carbonyl (C=O) groups is 2. The van der Waals surface area contributed by atoms with Gasteiger partial charge in [0.05, 0.1) is 13.1 Å². The molecule has 1 aliphatic heterocycles. The Kier molecular flexibility index (Phi) is 4.01. The summed E-state index contributed by atoms with van der Waals surface area (Å²) in [5.74, 6) is -0.0982. The van der Waals surface area contributed by atoms with Gasteiger partial charge in [0.1, 0.15) is 6.04 Å². The summed E-state index contributed by atoms with van der Waals surface area (Å²) in [5, 5.41) is 4.77. The smallest absolute Gasteiger partial charge is 0.246 e. The van der Waals surface area contributed by atoms with E-state index in [9.17, 15) is 9.59 Å². The number of hydrogen-bond acceptors (Lipinski definition) is 3. The molecule has 1 N–H and O–H groups in total. The average molecular weight is 300 g/mol. The molecule has 2 heterocycles. The van der Waals surface area contributed by atoms with Crippen molar-refractivity contribution in [1.29, 1.82) is 0 Å². The Morgan fingerprint density at radius 2 is 1.95 bits per heavy atom. The maximum atomic E-state index is 12.5. The third-order valence-corrected chi connectivity index (χ3v) is 4.35. The number of piperazine rings is 1. The molecule has 1 aromatic carbocycles. The Morgan fingerprint density at radius 3 is 2.67 bits per heavy atom. The summed E-state index contributed by atoms with van der Waals surface area (Å²) in [6, 6.07) is 13.2. The molecule has 0 aliphatic carbocycles. The zero-order valence-corrected chi connectivity index (χ0v) is 12.3. The molecular formula is C16H16N2O2S. The summed E-state index contributed by atoms with van der Waals surface area (Å²) in [5.41, 5.74) is 1.05. The highest BCUT2D eigenvalue weighted by Gasteiger charge is 2.32. The molecule has 0 saturated carbocycles. The summed E-state index contributed by atoms with van der Waals surface area (Å²) in [4.78, 5) is 27.1. The van der Waals surface area contributed by atoms with Gasteiger partial charge in [0, 0.05) is 11.3 Å². The fraction of sp³-hybridized carbons (Fsp3) is 0.250. The first-order valence-corrected chi connectivity index (χ1v) is 7.75. The molecule has 1 fully saturated rings. The third kappa shape index (κ3) is 3.31. The molecule has 2 aromatic rings. The lowest BCUT2D eigenvalue weighted by atomic mass is 10.0. The molecule has 108 valence electrons. The molecule has 21 heavy (non-hydrogen) atoms. The van der Waals surface area contributed by atoms with Gasteiger partial charge in [-0.3, -0.25) is 9.59 Å². The molecule has 2 amide bonds. The van der Waals surface area contributed by atoms with Crippen LogP contribution in [0.2, 0.25) is 0 Å². The van der Waals surface area contributed by atoms with Crippen LogP contribution < -0.4 is 5.32 Å². The summed E-state index contributed by atoms with van der Waals surface area (Å²) in [7, 11) is 0. The van der Waals surface area contributed by atoms with Crippen molar-refractivity contribution < 1.29 is 9.59 Å². The van der Waals surface area contributed by atoms with E-state index in [1.165, 1.54) is 0 Å². The molecule has 1 atom stereocenters. The fourth-order valence-electron chi connectivity index (χ4n) is 2.49. The first-order valence-electron chi connectivity index (χ1n) is 6.87. The Bertz CT molecular complexity index is 625. The average Bonchev–Trinajstić information content (AvgIpc) is 2.98. The number of amides is 2. The van der Waals surface area contributed by atoms with Crippen molar-refractivity contribution in [2.45, 2.75) is 19.0 Å². The van der Waals surface area contributed by atoms with Crippen LogP contribution in [-0.4, -0.2) is 29.3 Å². The van der Waals surface area contributed by atoms with E-state index < -0.39 is 6.04 Å². The molecule has 4 nitrogen and oxygen atoms in total. The van der Waals surface area contributed by atoms with Gasteiger partial charge in [-0.1, -0.05) is 36.4 Å². The van der Waals surface area contributed by atoms with E-state index in [4.69, 9.17) is 0 Å². The minimum Gasteiger partial charge on any atom is -0.342 e. The number of thiophene rings is 1. The monoisotopic (exact) mass is 300 g/mol. The van der Waals surface area contributed by atoms with Gasteiger partial charge < -0.3 is 10.2 Å². The van der Waals surface area contributed by atoms with Gasteiger partial charge >= 0.3 is 0 Å². The maximum absolute atomic E-state index is 12.5. The standard InChI is InChI=1S/C16H16N2O2S/c19-15-11-18(10-13-7-4-8-21-13)16(20)14(17-15)9-12-5-2-1-3-6-12/h1-8,14H,9-11H2,(H,17,19). The molecule has 0 radical (unpaired) electrons. The molecule has 1 aromatic heterocycles. The Morgan fingerprint density at radius 1 is 1.14 bits per heavy atom. The van der Waals surface area contributed by atoms with Crippen LogP contribution in [0.4, 0.5) is 0 Å². The fourth-order valence-corrected chi connectivity index (χ4v) is 3.21. The van der Waals surface area contributed by atoms with E-state index in [1.54, 1.807) is 16.2 Å². The minimum absolute atomic E-state index is 0.00754. The van der Waals surface area contributed by atoms with Crippen molar-refractivity contribution in [3.63, 3.8) is 0 Å². The van der Waals surface area contributed by atoms with E-state index in [2.05, 4.69) is 5.32 Å². The van der Waals surface area contributed by atoms with Crippen LogP contribution in [-0.2, 0) is 22.6 Å². The van der Waals surface area contributed by atoms with Gasteiger partial charge in [-0.15, -0.1) is 11.3 Å². The number of nitrogens with one attached hydrogen (secondary N) is 1. The van der Waals surface area contributed by atoms with Crippen LogP contribution in [0.3, 0.4) is 0 Å². The van der Waals surface area contributed by atoms with Crippen molar-refractivity contribution in [2.75, 3.05) is 6.54 Å². The molecule has 1 unspecified atom stereocenters. The molecule has 0 bridgehead atoms. The predicted molar refractivity (Wildman–Crippen MR) is 81.8 cm³/mol. The maximum Gasteiger partial charge on any atom is 0.246 e. The van der Waals surface area contributed by atoms with Crippen molar-refractivity contribution in [2.24, 2.45) is 0 Å². The van der Waals surface area contributed by atoms with E-state index >= 15 is 0 Å². The quantitative estimate of drug-likeness (QED) is 0.936. The van der Waals surface area contributed by atoms with Gasteiger partial charge in [0.25, 0.3) is 0 Å². The zero-order chi connectivity index (χ0) is 14.7. The topological polar surface area (TPSA) is 49.4 Å². The van der Waals surface area contributed by atoms with E-state index in [0.717, 1.165) is 10.4 Å². The van der Waals surface area contributed by atoms with Gasteiger partial charge in [0.15, 0.2) is 0 Å². The number of hydrogen-bond donors (Lipinski definition) is 1. The molecule has 1 saturated heterocycles. The Labute approximate surface area is 127 Å². The normalized spacial score (nSPS) is 18.7. The molecule has 0 spiro atoms. The van der Waals surface area contributed by atoms with Gasteiger partial charge in [-0.2, -0.15) is 0 Å². The van der Waals surface area contributed by atoms with Crippen LogP contribution in [0.5, 0.6) is 0 Å². The van der Waals surface area contributed by atoms with Gasteiger partial charge in [0.2, 0.25) is 11.8 Å². The summed E-state index contributed by atoms with van der Waals surface area (Å²) < 4.78 is 0. The van der Waals surface area contributed by atoms with Crippen molar-refractivity contribution in [3.05, 3.63) is 58.3 Å². The van der Waals surface area contributed by atoms with Crippen LogP contribution in [0.15, 0.2) is 47.8 Å². The number of benzene rings is 1. The van der Waals surface area contributed by atoms with Crippen molar-refractivity contribution in [3.8, 4) is 0 Å². The second kappa shape index (κ2) is 6.10. The SMILES string of the molecule is O=C1CN(Cc2cccs2)C(=O)C(Cc2ccccc2)N1. The van der Waals surface area contributed by atoms with E-state index in [1.807, 2.05) is 47.8 Å². The lowest BCUT2D eigenvalue weighted by Gasteiger charge is -2.32. The zero-order valence-electron chi connectivity index (χ0n) is 11.5. The number of carbonyl (C=O) groups excluding carboxylic acids is 2. The first kappa shape index (κ1) is 13.8. The Hall–Kier alpha value is -2.14. The largest absolute Gasteiger partial charge is 0.342 e. The van der Waals surface area contributed by atoms with Crippen LogP contribution >= 0.6 is 11.3 Å². The molecule has 1 aliphatic rings. The van der Waals surface area contributed by atoms with Crippen LogP contribution in [0.1, 0.15) is 10.4 Å². The lowest BCUT2D eigenvalue weighted by Crippen LogP contribution is -2.58. The molecule has 5 heteroatoms. The van der Waals surface area contributed by atoms with Crippen molar-refractivity contribution >= 4 is 23.2 Å². The molecule has 3 rings (SSSR count). The second-order valence-electron chi connectivity index (χ2n) is 5.08. The Balaban J connectivity index is 1.72. The third-order valence-electron chi connectivity index (χ3n) is 3.49. The summed E-state index contributed by atoms with van der Waals surface area (Å²) >= 11 is 1.60. The van der Waals surface area contributed by atoms with Crippen LogP contribution in [0, 0.1) is 0 Å². The first-order chi connectivity index (χ1) is 10.2. The van der Waals surface area contributed by atoms with Crippen molar-refractivity contribution in [1.82, 2.24) is 10.2 Å². The van der Waals surface area contributed by atoms with Crippen LogP contribution in [0.25, 0.3) is 0 Å². The lowest BCUT2D eigenvalue weighted by molar-refractivity contribution is -0.144. The predicted octanol–water partition coefficient (Wildman–Crippen LogP) is 1.82. The highest BCUT2D eigenvalue weighted by atomic mass is 32.1. The molecular weight excluding hydrogens is 284 g/mol. The number of rotatable bonds is 4. The van der Waals surface area contributed by atoms with Gasteiger partial charge in [-0.25, -0.2) is 0 Å². The summed E-state index contributed by atoms with van der Waals surface area (Å²) in [6.45, 7) is 0.650.